The SMILES string of the molecule is COCCCc1c[nH]c2ccc(I)cc12. The molecular weight excluding hydrogens is 301 g/mol. The molecule has 3 heteroatoms. The lowest BCUT2D eigenvalue weighted by molar-refractivity contribution is 0.195. The summed E-state index contributed by atoms with van der Waals surface area (Å²) in [4.78, 5) is 3.30. The monoisotopic (exact) mass is 315 g/mol. The number of H-pyrrole nitrogens is 1. The van der Waals surface area contributed by atoms with Crippen molar-refractivity contribution in [2.75, 3.05) is 13.7 Å². The van der Waals surface area contributed by atoms with E-state index in [2.05, 4.69) is 52.0 Å². The van der Waals surface area contributed by atoms with Crippen LogP contribution in [0.1, 0.15) is 12.0 Å². The number of halogens is 1. The van der Waals surface area contributed by atoms with Gasteiger partial charge in [-0.1, -0.05) is 0 Å². The second kappa shape index (κ2) is 4.99. The zero-order valence-corrected chi connectivity index (χ0v) is 10.9. The molecule has 0 bridgehead atoms. The van der Waals surface area contributed by atoms with Crippen molar-refractivity contribution in [2.24, 2.45) is 0 Å². The highest BCUT2D eigenvalue weighted by Crippen LogP contribution is 2.21. The van der Waals surface area contributed by atoms with E-state index in [1.165, 1.54) is 20.0 Å². The third-order valence-electron chi connectivity index (χ3n) is 2.52. The summed E-state index contributed by atoms with van der Waals surface area (Å²) < 4.78 is 6.35. The van der Waals surface area contributed by atoms with Crippen LogP contribution < -0.4 is 0 Å². The van der Waals surface area contributed by atoms with Gasteiger partial charge in [0.1, 0.15) is 0 Å². The summed E-state index contributed by atoms with van der Waals surface area (Å²) in [6, 6.07) is 6.49. The minimum absolute atomic E-state index is 0.830. The number of aryl methyl sites for hydroxylation is 1. The first-order valence-corrected chi connectivity index (χ1v) is 6.13. The number of benzene rings is 1. The van der Waals surface area contributed by atoms with Gasteiger partial charge in [0.05, 0.1) is 0 Å². The summed E-state index contributed by atoms with van der Waals surface area (Å²) in [5, 5.41) is 1.35. The van der Waals surface area contributed by atoms with E-state index < -0.39 is 0 Å². The maximum Gasteiger partial charge on any atom is 0.0465 e. The normalized spacial score (nSPS) is 11.1. The fourth-order valence-electron chi connectivity index (χ4n) is 1.76. The van der Waals surface area contributed by atoms with Crippen molar-refractivity contribution in [3.8, 4) is 0 Å². The molecule has 0 spiro atoms. The summed E-state index contributed by atoms with van der Waals surface area (Å²) in [5.74, 6) is 0. The maximum atomic E-state index is 5.06. The molecule has 1 aromatic heterocycles. The zero-order valence-electron chi connectivity index (χ0n) is 8.72. The minimum Gasteiger partial charge on any atom is -0.385 e. The van der Waals surface area contributed by atoms with Gasteiger partial charge in [0.25, 0.3) is 0 Å². The van der Waals surface area contributed by atoms with Crippen LogP contribution >= 0.6 is 22.6 Å². The fraction of sp³-hybridized carbons (Fsp3) is 0.333. The van der Waals surface area contributed by atoms with Crippen molar-refractivity contribution in [1.29, 1.82) is 0 Å². The molecule has 0 aliphatic heterocycles. The average Bonchev–Trinajstić information content (AvgIpc) is 2.62. The molecule has 0 amide bonds. The van der Waals surface area contributed by atoms with Crippen LogP contribution in [0.5, 0.6) is 0 Å². The molecule has 0 radical (unpaired) electrons. The standard InChI is InChI=1S/C12H14INO/c1-15-6-2-3-9-8-14-12-5-4-10(13)7-11(9)12/h4-5,7-8,14H,2-3,6H2,1H3. The van der Waals surface area contributed by atoms with E-state index in [0.29, 0.717) is 0 Å². The van der Waals surface area contributed by atoms with Crippen LogP contribution in [0.2, 0.25) is 0 Å². The van der Waals surface area contributed by atoms with Crippen LogP contribution in [0.4, 0.5) is 0 Å². The molecule has 2 rings (SSSR count). The minimum atomic E-state index is 0.830. The Labute approximate surface area is 103 Å². The number of fused-ring (bicyclic) bond motifs is 1. The summed E-state index contributed by atoms with van der Waals surface area (Å²) in [6.45, 7) is 0.830. The van der Waals surface area contributed by atoms with Gasteiger partial charge in [-0.3, -0.25) is 0 Å². The molecule has 0 aliphatic rings. The predicted molar refractivity (Wildman–Crippen MR) is 71.2 cm³/mol. The Morgan fingerprint density at radius 2 is 2.27 bits per heavy atom. The number of nitrogens with one attached hydrogen (secondary N) is 1. The molecule has 2 nitrogen and oxygen atoms in total. The number of methoxy groups -OCH3 is 1. The van der Waals surface area contributed by atoms with Gasteiger partial charge in [0, 0.05) is 34.4 Å². The molecule has 1 heterocycles. The lowest BCUT2D eigenvalue weighted by atomic mass is 10.1. The maximum absolute atomic E-state index is 5.06. The number of hydrogen-bond acceptors (Lipinski definition) is 1. The third kappa shape index (κ3) is 2.52. The molecule has 0 saturated carbocycles. The molecule has 1 N–H and O–H groups in total. The van der Waals surface area contributed by atoms with Gasteiger partial charge < -0.3 is 9.72 Å². The smallest absolute Gasteiger partial charge is 0.0465 e. The molecule has 0 fully saturated rings. The Morgan fingerprint density at radius 3 is 3.07 bits per heavy atom. The molecule has 15 heavy (non-hydrogen) atoms. The first-order valence-electron chi connectivity index (χ1n) is 5.05. The molecule has 1 aromatic carbocycles. The van der Waals surface area contributed by atoms with E-state index in [1.807, 2.05) is 0 Å². The summed E-state index contributed by atoms with van der Waals surface area (Å²) >= 11 is 2.35. The van der Waals surface area contributed by atoms with E-state index in [1.54, 1.807) is 7.11 Å². The van der Waals surface area contributed by atoms with E-state index in [9.17, 15) is 0 Å². The highest BCUT2D eigenvalue weighted by atomic mass is 127. The third-order valence-corrected chi connectivity index (χ3v) is 3.20. The van der Waals surface area contributed by atoms with E-state index >= 15 is 0 Å². The zero-order chi connectivity index (χ0) is 10.7. The highest BCUT2D eigenvalue weighted by Gasteiger charge is 2.03. The predicted octanol–water partition coefficient (Wildman–Crippen LogP) is 3.35. The largest absolute Gasteiger partial charge is 0.385 e. The van der Waals surface area contributed by atoms with Crippen molar-refractivity contribution in [3.05, 3.63) is 33.5 Å². The van der Waals surface area contributed by atoms with Gasteiger partial charge in [-0.05, 0) is 59.2 Å². The molecule has 0 unspecified atom stereocenters. The van der Waals surface area contributed by atoms with Crippen LogP contribution in [-0.2, 0) is 11.2 Å². The van der Waals surface area contributed by atoms with Crippen molar-refractivity contribution >= 4 is 33.5 Å². The summed E-state index contributed by atoms with van der Waals surface area (Å²) in [7, 11) is 1.75. The lowest BCUT2D eigenvalue weighted by Crippen LogP contribution is -1.91. The quantitative estimate of drug-likeness (QED) is 0.679. The van der Waals surface area contributed by atoms with Crippen molar-refractivity contribution in [2.45, 2.75) is 12.8 Å². The molecule has 2 aromatic rings. The molecule has 0 aliphatic carbocycles. The van der Waals surface area contributed by atoms with Crippen LogP contribution in [-0.4, -0.2) is 18.7 Å². The number of aromatic nitrogens is 1. The molecule has 80 valence electrons. The molecule has 0 saturated heterocycles. The lowest BCUT2D eigenvalue weighted by Gasteiger charge is -1.99. The van der Waals surface area contributed by atoms with E-state index in [4.69, 9.17) is 4.74 Å². The fourth-order valence-corrected chi connectivity index (χ4v) is 2.26. The first kappa shape index (κ1) is 11.0. The van der Waals surface area contributed by atoms with Crippen molar-refractivity contribution in [3.63, 3.8) is 0 Å². The Kier molecular flexibility index (Phi) is 3.64. The molecule has 0 atom stereocenters. The topological polar surface area (TPSA) is 25.0 Å². The number of rotatable bonds is 4. The van der Waals surface area contributed by atoms with Crippen molar-refractivity contribution < 1.29 is 4.74 Å². The second-order valence-electron chi connectivity index (χ2n) is 3.60. The molecular formula is C12H14INO. The van der Waals surface area contributed by atoms with E-state index in [-0.39, 0.29) is 0 Å². The van der Waals surface area contributed by atoms with Gasteiger partial charge >= 0.3 is 0 Å². The van der Waals surface area contributed by atoms with Gasteiger partial charge in [0.2, 0.25) is 0 Å². The Hall–Kier alpha value is -0.550. The number of hydrogen-bond donors (Lipinski definition) is 1. The van der Waals surface area contributed by atoms with Crippen LogP contribution in [0.3, 0.4) is 0 Å². The Bertz CT molecular complexity index is 450. The second-order valence-corrected chi connectivity index (χ2v) is 4.85. The van der Waals surface area contributed by atoms with Gasteiger partial charge in [-0.15, -0.1) is 0 Å². The van der Waals surface area contributed by atoms with Crippen molar-refractivity contribution in [1.82, 2.24) is 4.98 Å². The highest BCUT2D eigenvalue weighted by molar-refractivity contribution is 14.1. The van der Waals surface area contributed by atoms with E-state index in [0.717, 1.165) is 19.4 Å². The Morgan fingerprint density at radius 1 is 1.40 bits per heavy atom. The Balaban J connectivity index is 2.23. The summed E-state index contributed by atoms with van der Waals surface area (Å²) in [5.41, 5.74) is 2.61. The average molecular weight is 315 g/mol. The van der Waals surface area contributed by atoms with Crippen LogP contribution in [0.15, 0.2) is 24.4 Å². The summed E-state index contributed by atoms with van der Waals surface area (Å²) in [6.07, 6.45) is 4.26. The van der Waals surface area contributed by atoms with Gasteiger partial charge in [0.15, 0.2) is 0 Å². The number of aromatic amines is 1. The first-order chi connectivity index (χ1) is 7.31. The van der Waals surface area contributed by atoms with Crippen LogP contribution in [0.25, 0.3) is 10.9 Å². The van der Waals surface area contributed by atoms with Gasteiger partial charge in [-0.25, -0.2) is 0 Å². The van der Waals surface area contributed by atoms with Crippen LogP contribution in [0, 0.1) is 3.57 Å². The number of ether oxygens (including phenoxy) is 1. The van der Waals surface area contributed by atoms with Gasteiger partial charge in [-0.2, -0.15) is 0 Å².